The Morgan fingerprint density at radius 1 is 0.857 bits per heavy atom. The summed E-state index contributed by atoms with van der Waals surface area (Å²) < 4.78 is 0. The van der Waals surface area contributed by atoms with Crippen LogP contribution in [0.3, 0.4) is 0 Å². The molecule has 7 heavy (non-hydrogen) atoms. The molecular formula is C3H9AsS3. The molecule has 0 aliphatic carbocycles. The molecule has 0 saturated carbocycles. The van der Waals surface area contributed by atoms with E-state index in [4.69, 9.17) is 0 Å². The Labute approximate surface area is 59.8 Å². The van der Waals surface area contributed by atoms with Crippen LogP contribution in [0.5, 0.6) is 0 Å². The van der Waals surface area contributed by atoms with Crippen LogP contribution in [0.1, 0.15) is 0 Å². The minimum atomic E-state index is -0.479. The Morgan fingerprint density at radius 2 is 1.14 bits per heavy atom. The van der Waals surface area contributed by atoms with Gasteiger partial charge in [0.1, 0.15) is 0 Å². The van der Waals surface area contributed by atoms with Gasteiger partial charge in [-0.15, -0.1) is 0 Å². The first-order valence-corrected chi connectivity index (χ1v) is 12.2. The molecule has 44 valence electrons. The van der Waals surface area contributed by atoms with Crippen LogP contribution in [-0.2, 0) is 0 Å². The maximum atomic E-state index is 2.20. The quantitative estimate of drug-likeness (QED) is 0.663. The molecule has 0 heterocycles. The summed E-state index contributed by atoms with van der Waals surface area (Å²) in [6.07, 6.45) is 6.60. The van der Waals surface area contributed by atoms with Gasteiger partial charge < -0.3 is 0 Å². The summed E-state index contributed by atoms with van der Waals surface area (Å²) in [5.41, 5.74) is 0. The molecule has 0 spiro atoms. The monoisotopic (exact) mass is 216 g/mol. The van der Waals surface area contributed by atoms with E-state index in [9.17, 15) is 0 Å². The summed E-state index contributed by atoms with van der Waals surface area (Å²) in [5.74, 6) is 0. The zero-order valence-electron chi connectivity index (χ0n) is 4.67. The van der Waals surface area contributed by atoms with E-state index in [1.165, 1.54) is 0 Å². The van der Waals surface area contributed by atoms with Crippen LogP contribution in [0.2, 0.25) is 0 Å². The molecule has 0 aromatic carbocycles. The summed E-state index contributed by atoms with van der Waals surface area (Å²) in [6, 6.07) is 0. The maximum absolute atomic E-state index is 2.20. The SMILES string of the molecule is CS[As](SC)SC. The number of rotatable bonds is 3. The molecule has 0 fully saturated rings. The predicted molar refractivity (Wildman–Crippen MR) is 46.3 cm³/mol. The molecular weight excluding hydrogens is 207 g/mol. The molecule has 0 nitrogen and oxygen atoms in total. The van der Waals surface area contributed by atoms with Crippen molar-refractivity contribution in [1.29, 1.82) is 0 Å². The molecule has 4 heteroatoms. The minimum absolute atomic E-state index is 0.479. The van der Waals surface area contributed by atoms with E-state index in [1.807, 2.05) is 30.1 Å². The molecule has 0 aliphatic heterocycles. The van der Waals surface area contributed by atoms with Crippen molar-refractivity contribution >= 4 is 41.3 Å². The van der Waals surface area contributed by atoms with Gasteiger partial charge in [-0.1, -0.05) is 0 Å². The second kappa shape index (κ2) is 5.74. The third kappa shape index (κ3) is 4.13. The predicted octanol–water partition coefficient (Wildman–Crippen LogP) is 2.06. The van der Waals surface area contributed by atoms with Crippen LogP contribution < -0.4 is 0 Å². The van der Waals surface area contributed by atoms with E-state index in [0.29, 0.717) is 0 Å². The fourth-order valence-electron chi connectivity index (χ4n) is 0.224. The standard InChI is InChI=1S/C3H9AsS3/c1-5-4(6-2)7-3/h1-3H3. The van der Waals surface area contributed by atoms with Crippen LogP contribution >= 0.6 is 30.1 Å². The van der Waals surface area contributed by atoms with E-state index in [1.54, 1.807) is 0 Å². The number of hydrogen-bond donors (Lipinski definition) is 0. The summed E-state index contributed by atoms with van der Waals surface area (Å²) in [4.78, 5) is 0. The van der Waals surface area contributed by atoms with E-state index < -0.39 is 11.2 Å². The molecule has 0 bridgehead atoms. The van der Waals surface area contributed by atoms with Crippen molar-refractivity contribution in [3.8, 4) is 0 Å². The van der Waals surface area contributed by atoms with Gasteiger partial charge in [0.15, 0.2) is 0 Å². The van der Waals surface area contributed by atoms with Gasteiger partial charge in [-0.2, -0.15) is 0 Å². The second-order valence-electron chi connectivity index (χ2n) is 0.771. The summed E-state index contributed by atoms with van der Waals surface area (Å²) in [7, 11) is 6.12. The van der Waals surface area contributed by atoms with E-state index in [-0.39, 0.29) is 0 Å². The normalized spacial score (nSPS) is 10.3. The van der Waals surface area contributed by atoms with Gasteiger partial charge in [0.2, 0.25) is 0 Å². The molecule has 0 unspecified atom stereocenters. The zero-order valence-corrected chi connectivity index (χ0v) is 9.00. The summed E-state index contributed by atoms with van der Waals surface area (Å²) >= 11 is -0.479. The van der Waals surface area contributed by atoms with Crippen molar-refractivity contribution in [1.82, 2.24) is 0 Å². The van der Waals surface area contributed by atoms with Crippen molar-refractivity contribution in [3.63, 3.8) is 0 Å². The molecule has 0 radical (unpaired) electrons. The Bertz CT molecular complexity index is 31.7. The average Bonchev–Trinajstić information content (AvgIpc) is 1.72. The van der Waals surface area contributed by atoms with Crippen molar-refractivity contribution < 1.29 is 0 Å². The first-order valence-electron chi connectivity index (χ1n) is 1.77. The molecule has 0 aliphatic rings. The van der Waals surface area contributed by atoms with Crippen molar-refractivity contribution in [2.45, 2.75) is 0 Å². The molecule has 0 amide bonds. The third-order valence-electron chi connectivity index (χ3n) is 0.447. The average molecular weight is 216 g/mol. The van der Waals surface area contributed by atoms with Gasteiger partial charge in [-0.25, -0.2) is 0 Å². The van der Waals surface area contributed by atoms with Gasteiger partial charge in [0, 0.05) is 0 Å². The first kappa shape index (κ1) is 8.61. The van der Waals surface area contributed by atoms with Gasteiger partial charge in [0.05, 0.1) is 0 Å². The van der Waals surface area contributed by atoms with E-state index >= 15 is 0 Å². The van der Waals surface area contributed by atoms with Crippen LogP contribution in [0.25, 0.3) is 0 Å². The molecule has 0 atom stereocenters. The van der Waals surface area contributed by atoms with E-state index in [2.05, 4.69) is 18.8 Å². The topological polar surface area (TPSA) is 0 Å². The molecule has 0 aromatic heterocycles. The fourth-order valence-corrected chi connectivity index (χ4v) is 10.5. The molecule has 0 saturated heterocycles. The second-order valence-corrected chi connectivity index (χ2v) is 19.0. The zero-order chi connectivity index (χ0) is 5.70. The molecule has 0 aromatic rings. The first-order chi connectivity index (χ1) is 3.35. The van der Waals surface area contributed by atoms with Crippen molar-refractivity contribution in [3.05, 3.63) is 0 Å². The van der Waals surface area contributed by atoms with Crippen LogP contribution in [0.15, 0.2) is 0 Å². The Kier molecular flexibility index (Phi) is 7.06. The van der Waals surface area contributed by atoms with Crippen LogP contribution in [0, 0.1) is 0 Å². The van der Waals surface area contributed by atoms with Crippen molar-refractivity contribution in [2.24, 2.45) is 0 Å². The van der Waals surface area contributed by atoms with Gasteiger partial charge in [-0.05, 0) is 0 Å². The van der Waals surface area contributed by atoms with Crippen molar-refractivity contribution in [2.75, 3.05) is 18.8 Å². The molecule has 0 N–H and O–H groups in total. The fraction of sp³-hybridized carbons (Fsp3) is 1.00. The van der Waals surface area contributed by atoms with Crippen LogP contribution in [-0.4, -0.2) is 29.9 Å². The van der Waals surface area contributed by atoms with Gasteiger partial charge >= 0.3 is 60.0 Å². The Balaban J connectivity index is 2.99. The van der Waals surface area contributed by atoms with Crippen LogP contribution in [0.4, 0.5) is 0 Å². The molecule has 0 rings (SSSR count). The Morgan fingerprint density at radius 3 is 1.14 bits per heavy atom. The third-order valence-corrected chi connectivity index (χ3v) is 20.9. The van der Waals surface area contributed by atoms with Gasteiger partial charge in [0.25, 0.3) is 0 Å². The van der Waals surface area contributed by atoms with Gasteiger partial charge in [-0.3, -0.25) is 0 Å². The number of hydrogen-bond acceptors (Lipinski definition) is 3. The summed E-state index contributed by atoms with van der Waals surface area (Å²) in [5, 5.41) is 0. The Hall–Kier alpha value is 1.61. The summed E-state index contributed by atoms with van der Waals surface area (Å²) in [6.45, 7) is 0. The van der Waals surface area contributed by atoms with E-state index in [0.717, 1.165) is 0 Å².